The first-order chi connectivity index (χ1) is 9.04. The van der Waals surface area contributed by atoms with E-state index >= 15 is 0 Å². The number of hydrogen-bond donors (Lipinski definition) is 1. The first kappa shape index (κ1) is 15.0. The molecule has 0 aliphatic rings. The van der Waals surface area contributed by atoms with Crippen molar-refractivity contribution < 1.29 is 8.42 Å². The Kier molecular flexibility index (Phi) is 5.03. The summed E-state index contributed by atoms with van der Waals surface area (Å²) in [5.41, 5.74) is 0.841. The van der Waals surface area contributed by atoms with E-state index in [0.717, 1.165) is 16.9 Å². The van der Waals surface area contributed by atoms with E-state index in [1.165, 1.54) is 0 Å². The number of benzene rings is 1. The maximum atomic E-state index is 12.3. The summed E-state index contributed by atoms with van der Waals surface area (Å²) in [5, 5.41) is 1.72. The van der Waals surface area contributed by atoms with Gasteiger partial charge in [0.1, 0.15) is 4.21 Å². The SMILES string of the molecule is O=S(=O)(NC(CCl)c1ccccc1)c1sccc1Br. The number of halogens is 2. The maximum Gasteiger partial charge on any atom is 0.251 e. The van der Waals surface area contributed by atoms with Gasteiger partial charge in [-0.25, -0.2) is 13.1 Å². The first-order valence-corrected chi connectivity index (χ1v) is 9.10. The molecule has 0 aliphatic carbocycles. The van der Waals surface area contributed by atoms with Crippen molar-refractivity contribution in [3.05, 3.63) is 51.8 Å². The molecular weight excluding hydrogens is 370 g/mol. The Morgan fingerprint density at radius 1 is 1.26 bits per heavy atom. The van der Waals surface area contributed by atoms with Crippen LogP contribution in [0.1, 0.15) is 11.6 Å². The lowest BCUT2D eigenvalue weighted by Gasteiger charge is -2.16. The Balaban J connectivity index is 2.27. The lowest BCUT2D eigenvalue weighted by molar-refractivity contribution is 0.569. The lowest BCUT2D eigenvalue weighted by Crippen LogP contribution is -2.29. The summed E-state index contributed by atoms with van der Waals surface area (Å²) in [4.78, 5) is 0. The average molecular weight is 381 g/mol. The summed E-state index contributed by atoms with van der Waals surface area (Å²) >= 11 is 10.3. The Bertz CT molecular complexity index is 643. The van der Waals surface area contributed by atoms with E-state index in [1.807, 2.05) is 30.3 Å². The molecule has 0 fully saturated rings. The molecule has 2 rings (SSSR count). The van der Waals surface area contributed by atoms with Gasteiger partial charge in [0.25, 0.3) is 10.0 Å². The van der Waals surface area contributed by atoms with Crippen molar-refractivity contribution in [2.24, 2.45) is 0 Å². The van der Waals surface area contributed by atoms with E-state index in [-0.39, 0.29) is 10.1 Å². The van der Waals surface area contributed by atoms with Crippen LogP contribution in [0.4, 0.5) is 0 Å². The summed E-state index contributed by atoms with van der Waals surface area (Å²) in [7, 11) is -3.57. The standard InChI is InChI=1S/C12H11BrClNO2S2/c13-10-6-7-18-12(10)19(16,17)15-11(8-14)9-4-2-1-3-5-9/h1-7,11,15H,8H2. The summed E-state index contributed by atoms with van der Waals surface area (Å²) in [6.07, 6.45) is 0. The van der Waals surface area contributed by atoms with Gasteiger partial charge in [-0.1, -0.05) is 30.3 Å². The second-order valence-electron chi connectivity index (χ2n) is 3.79. The monoisotopic (exact) mass is 379 g/mol. The number of thiophene rings is 1. The third kappa shape index (κ3) is 3.58. The fraction of sp³-hybridized carbons (Fsp3) is 0.167. The zero-order chi connectivity index (χ0) is 13.9. The minimum Gasteiger partial charge on any atom is -0.206 e. The molecule has 2 aromatic rings. The van der Waals surface area contributed by atoms with Crippen molar-refractivity contribution in [3.8, 4) is 0 Å². The van der Waals surface area contributed by atoms with Crippen LogP contribution >= 0.6 is 38.9 Å². The summed E-state index contributed by atoms with van der Waals surface area (Å²) < 4.78 is 28.0. The van der Waals surface area contributed by atoms with E-state index in [9.17, 15) is 8.42 Å². The van der Waals surface area contributed by atoms with E-state index < -0.39 is 16.1 Å². The van der Waals surface area contributed by atoms with Crippen LogP contribution in [0.3, 0.4) is 0 Å². The largest absolute Gasteiger partial charge is 0.251 e. The van der Waals surface area contributed by atoms with E-state index in [0.29, 0.717) is 4.47 Å². The van der Waals surface area contributed by atoms with Crippen molar-refractivity contribution in [1.82, 2.24) is 4.72 Å². The number of sulfonamides is 1. The highest BCUT2D eigenvalue weighted by Crippen LogP contribution is 2.29. The van der Waals surface area contributed by atoms with Crippen LogP contribution in [-0.2, 0) is 10.0 Å². The molecule has 0 amide bonds. The third-order valence-electron chi connectivity index (χ3n) is 2.48. The molecular formula is C12H11BrClNO2S2. The van der Waals surface area contributed by atoms with Gasteiger partial charge < -0.3 is 0 Å². The number of hydrogen-bond acceptors (Lipinski definition) is 3. The van der Waals surface area contributed by atoms with Gasteiger partial charge in [0.15, 0.2) is 0 Å². The molecule has 1 atom stereocenters. The molecule has 102 valence electrons. The second kappa shape index (κ2) is 6.37. The van der Waals surface area contributed by atoms with Gasteiger partial charge in [-0.3, -0.25) is 0 Å². The third-order valence-corrected chi connectivity index (χ3v) is 6.93. The van der Waals surface area contributed by atoms with Gasteiger partial charge in [-0.15, -0.1) is 22.9 Å². The van der Waals surface area contributed by atoms with Gasteiger partial charge in [0.05, 0.1) is 6.04 Å². The van der Waals surface area contributed by atoms with E-state index in [1.54, 1.807) is 11.4 Å². The van der Waals surface area contributed by atoms with Crippen LogP contribution in [0.25, 0.3) is 0 Å². The van der Waals surface area contributed by atoms with Crippen LogP contribution in [0, 0.1) is 0 Å². The highest BCUT2D eigenvalue weighted by atomic mass is 79.9. The quantitative estimate of drug-likeness (QED) is 0.803. The minimum atomic E-state index is -3.57. The highest BCUT2D eigenvalue weighted by molar-refractivity contribution is 9.10. The molecule has 0 saturated carbocycles. The van der Waals surface area contributed by atoms with Crippen LogP contribution in [-0.4, -0.2) is 14.3 Å². The molecule has 0 aliphatic heterocycles. The van der Waals surface area contributed by atoms with Crippen molar-refractivity contribution in [2.75, 3.05) is 5.88 Å². The zero-order valence-corrected chi connectivity index (χ0v) is 13.7. The van der Waals surface area contributed by atoms with Gasteiger partial charge in [0, 0.05) is 10.4 Å². The predicted molar refractivity (Wildman–Crippen MR) is 82.2 cm³/mol. The molecule has 0 saturated heterocycles. The molecule has 1 unspecified atom stereocenters. The fourth-order valence-corrected chi connectivity index (χ4v) is 5.51. The molecule has 1 heterocycles. The predicted octanol–water partition coefficient (Wildman–Crippen LogP) is 3.77. The number of nitrogens with one attached hydrogen (secondary N) is 1. The highest BCUT2D eigenvalue weighted by Gasteiger charge is 2.23. The molecule has 7 heteroatoms. The van der Waals surface area contributed by atoms with Crippen LogP contribution < -0.4 is 4.72 Å². The molecule has 0 bridgehead atoms. The van der Waals surface area contributed by atoms with Gasteiger partial charge >= 0.3 is 0 Å². The molecule has 0 spiro atoms. The fourth-order valence-electron chi connectivity index (χ4n) is 1.59. The Labute approximate surface area is 129 Å². The van der Waals surface area contributed by atoms with Gasteiger partial charge in [-0.05, 0) is 32.9 Å². The van der Waals surface area contributed by atoms with Crippen LogP contribution in [0.2, 0.25) is 0 Å². The Morgan fingerprint density at radius 3 is 2.47 bits per heavy atom. The second-order valence-corrected chi connectivity index (χ2v) is 7.78. The Morgan fingerprint density at radius 2 is 1.95 bits per heavy atom. The molecule has 19 heavy (non-hydrogen) atoms. The van der Waals surface area contributed by atoms with Crippen LogP contribution in [0.15, 0.2) is 50.5 Å². The number of rotatable bonds is 5. The Hall–Kier alpha value is -0.400. The molecule has 3 nitrogen and oxygen atoms in total. The summed E-state index contributed by atoms with van der Waals surface area (Å²) in [6.45, 7) is 0. The topological polar surface area (TPSA) is 46.2 Å². The minimum absolute atomic E-state index is 0.173. The van der Waals surface area contributed by atoms with Gasteiger partial charge in [-0.2, -0.15) is 0 Å². The summed E-state index contributed by atoms with van der Waals surface area (Å²) in [6, 6.07) is 10.5. The lowest BCUT2D eigenvalue weighted by atomic mass is 10.1. The zero-order valence-electron chi connectivity index (χ0n) is 9.71. The first-order valence-electron chi connectivity index (χ1n) is 5.41. The maximum absolute atomic E-state index is 12.3. The average Bonchev–Trinajstić information content (AvgIpc) is 2.84. The normalized spacial score (nSPS) is 13.4. The van der Waals surface area contributed by atoms with Gasteiger partial charge in [0.2, 0.25) is 0 Å². The van der Waals surface area contributed by atoms with Crippen molar-refractivity contribution >= 4 is 48.9 Å². The smallest absolute Gasteiger partial charge is 0.206 e. The molecule has 1 aromatic heterocycles. The molecule has 1 aromatic carbocycles. The van der Waals surface area contributed by atoms with E-state index in [4.69, 9.17) is 11.6 Å². The van der Waals surface area contributed by atoms with E-state index in [2.05, 4.69) is 20.7 Å². The van der Waals surface area contributed by atoms with Crippen molar-refractivity contribution in [2.45, 2.75) is 10.3 Å². The number of alkyl halides is 1. The van der Waals surface area contributed by atoms with Crippen molar-refractivity contribution in [1.29, 1.82) is 0 Å². The molecule has 1 N–H and O–H groups in total. The molecule has 0 radical (unpaired) electrons. The van der Waals surface area contributed by atoms with Crippen molar-refractivity contribution in [3.63, 3.8) is 0 Å². The van der Waals surface area contributed by atoms with Crippen LogP contribution in [0.5, 0.6) is 0 Å². The summed E-state index contributed by atoms with van der Waals surface area (Å²) in [5.74, 6) is 0.173.